The van der Waals surface area contributed by atoms with Crippen LogP contribution in [0.1, 0.15) is 39.3 Å². The summed E-state index contributed by atoms with van der Waals surface area (Å²) in [5.41, 5.74) is 13.8. The van der Waals surface area contributed by atoms with E-state index >= 15 is 0 Å². The molecule has 9 aromatic rings. The molecule has 0 atom stereocenters. The van der Waals surface area contributed by atoms with E-state index < -0.39 is 0 Å². The van der Waals surface area contributed by atoms with Crippen LogP contribution in [0.4, 0.5) is 0 Å². The van der Waals surface area contributed by atoms with Gasteiger partial charge in [-0.05, 0) is 95.2 Å². The monoisotopic (exact) mass is 688 g/mol. The second kappa shape index (κ2) is 15.1. The molecule has 0 amide bonds. The van der Waals surface area contributed by atoms with Crippen LogP contribution in [0.25, 0.3) is 55.4 Å². The van der Waals surface area contributed by atoms with Crippen molar-refractivity contribution < 1.29 is 0 Å². The van der Waals surface area contributed by atoms with Gasteiger partial charge in [0.2, 0.25) is 0 Å². The average Bonchev–Trinajstić information content (AvgIpc) is 3.25. The summed E-state index contributed by atoms with van der Waals surface area (Å²) in [6.45, 7) is 0. The first-order valence-electron chi connectivity index (χ1n) is 18.9. The third-order valence-corrected chi connectivity index (χ3v) is 10.7. The summed E-state index contributed by atoms with van der Waals surface area (Å²) in [4.78, 5) is 0. The first kappa shape index (κ1) is 33.1. The molecule has 0 nitrogen and oxygen atoms in total. The van der Waals surface area contributed by atoms with Crippen LogP contribution in [-0.2, 0) is 6.42 Å². The van der Waals surface area contributed by atoms with Gasteiger partial charge in [-0.2, -0.15) is 0 Å². The smallest absolute Gasteiger partial charge is 0.0130 e. The zero-order valence-electron chi connectivity index (χ0n) is 30.1. The summed E-state index contributed by atoms with van der Waals surface area (Å²) in [6, 6.07) is 79.4. The summed E-state index contributed by atoms with van der Waals surface area (Å²) in [7, 11) is 0. The SMILES string of the molecule is C(=C(c1ccccc1)c1ccccc1)c1ccc(-c2c3ccccc3c(-c3ccc(CC(c4ccccc4)c4ccccc4)cc3)c3ccccc23)cc1. The van der Waals surface area contributed by atoms with Crippen molar-refractivity contribution in [1.82, 2.24) is 0 Å². The van der Waals surface area contributed by atoms with Crippen molar-refractivity contribution in [3.8, 4) is 22.3 Å². The van der Waals surface area contributed by atoms with Gasteiger partial charge in [0, 0.05) is 5.92 Å². The van der Waals surface area contributed by atoms with Gasteiger partial charge in [0.05, 0.1) is 0 Å². The lowest BCUT2D eigenvalue weighted by Gasteiger charge is -2.20. The molecule has 0 N–H and O–H groups in total. The van der Waals surface area contributed by atoms with Crippen molar-refractivity contribution in [2.45, 2.75) is 12.3 Å². The molecule has 54 heavy (non-hydrogen) atoms. The molecule has 0 radical (unpaired) electrons. The highest BCUT2D eigenvalue weighted by atomic mass is 14.2. The Hall–Kier alpha value is -6.76. The van der Waals surface area contributed by atoms with Crippen LogP contribution in [0.15, 0.2) is 218 Å². The highest BCUT2D eigenvalue weighted by Crippen LogP contribution is 2.44. The molecule has 0 fully saturated rings. The molecule has 0 spiro atoms. The van der Waals surface area contributed by atoms with Crippen molar-refractivity contribution in [3.05, 3.63) is 252 Å². The predicted octanol–water partition coefficient (Wildman–Crippen LogP) is 14.3. The van der Waals surface area contributed by atoms with E-state index in [0.717, 1.165) is 6.42 Å². The second-order valence-electron chi connectivity index (χ2n) is 14.0. The summed E-state index contributed by atoms with van der Waals surface area (Å²) < 4.78 is 0. The standard InChI is InChI=1S/C54H40/c1-5-17-41(18-6-1)51(42-19-7-2-8-20-42)37-39-29-33-45(34-30-39)53-47-25-13-15-27-49(47)54(50-28-16-14-26-48(50)53)46-35-31-40(32-36-46)38-52(43-21-9-3-10-22-43)44-23-11-4-12-24-44/h1-37,52H,38H2. The van der Waals surface area contributed by atoms with E-state index in [2.05, 4.69) is 224 Å². The van der Waals surface area contributed by atoms with Crippen LogP contribution in [0, 0.1) is 0 Å². The van der Waals surface area contributed by atoms with E-state index in [1.54, 1.807) is 0 Å². The normalized spacial score (nSPS) is 11.2. The van der Waals surface area contributed by atoms with Crippen molar-refractivity contribution in [2.75, 3.05) is 0 Å². The number of rotatable bonds is 9. The van der Waals surface area contributed by atoms with Gasteiger partial charge in [-0.25, -0.2) is 0 Å². The second-order valence-corrected chi connectivity index (χ2v) is 14.0. The Morgan fingerprint density at radius 3 is 1.11 bits per heavy atom. The fraction of sp³-hybridized carbons (Fsp3) is 0.0370. The van der Waals surface area contributed by atoms with Crippen molar-refractivity contribution in [3.63, 3.8) is 0 Å². The van der Waals surface area contributed by atoms with Gasteiger partial charge in [0.25, 0.3) is 0 Å². The summed E-state index contributed by atoms with van der Waals surface area (Å²) in [5, 5.41) is 5.07. The molecular formula is C54H40. The summed E-state index contributed by atoms with van der Waals surface area (Å²) in [6.07, 6.45) is 3.25. The van der Waals surface area contributed by atoms with E-state index in [1.165, 1.54) is 82.8 Å². The molecule has 0 aliphatic heterocycles. The van der Waals surface area contributed by atoms with Gasteiger partial charge in [-0.1, -0.05) is 218 Å². The maximum atomic E-state index is 2.33. The third kappa shape index (κ3) is 6.67. The number of hydrogen-bond donors (Lipinski definition) is 0. The number of hydrogen-bond acceptors (Lipinski definition) is 0. The van der Waals surface area contributed by atoms with Crippen LogP contribution in [0.2, 0.25) is 0 Å². The molecule has 0 bridgehead atoms. The van der Waals surface area contributed by atoms with Crippen molar-refractivity contribution in [2.24, 2.45) is 0 Å². The van der Waals surface area contributed by atoms with Gasteiger partial charge in [-0.3, -0.25) is 0 Å². The maximum Gasteiger partial charge on any atom is 0.0130 e. The minimum Gasteiger partial charge on any atom is -0.0622 e. The van der Waals surface area contributed by atoms with Crippen molar-refractivity contribution >= 4 is 33.2 Å². The zero-order chi connectivity index (χ0) is 36.1. The Morgan fingerprint density at radius 1 is 0.352 bits per heavy atom. The molecule has 0 aliphatic rings. The van der Waals surface area contributed by atoms with E-state index in [9.17, 15) is 0 Å². The van der Waals surface area contributed by atoms with Crippen molar-refractivity contribution in [1.29, 1.82) is 0 Å². The van der Waals surface area contributed by atoms with Crippen LogP contribution in [0.5, 0.6) is 0 Å². The Kier molecular flexibility index (Phi) is 9.24. The lowest BCUT2D eigenvalue weighted by molar-refractivity contribution is 0.805. The molecule has 9 rings (SSSR count). The van der Waals surface area contributed by atoms with Crippen LogP contribution in [-0.4, -0.2) is 0 Å². The summed E-state index contributed by atoms with van der Waals surface area (Å²) >= 11 is 0. The molecule has 0 saturated heterocycles. The molecule has 9 aromatic carbocycles. The van der Waals surface area contributed by atoms with Crippen LogP contribution in [0.3, 0.4) is 0 Å². The fourth-order valence-corrected chi connectivity index (χ4v) is 8.07. The topological polar surface area (TPSA) is 0 Å². The highest BCUT2D eigenvalue weighted by Gasteiger charge is 2.18. The van der Waals surface area contributed by atoms with Crippen LogP contribution >= 0.6 is 0 Å². The lowest BCUT2D eigenvalue weighted by Crippen LogP contribution is -2.05. The van der Waals surface area contributed by atoms with E-state index in [4.69, 9.17) is 0 Å². The molecule has 0 heteroatoms. The molecule has 0 saturated carbocycles. The van der Waals surface area contributed by atoms with Gasteiger partial charge < -0.3 is 0 Å². The van der Waals surface area contributed by atoms with Gasteiger partial charge in [-0.15, -0.1) is 0 Å². The molecule has 0 aliphatic carbocycles. The first-order chi connectivity index (χ1) is 26.8. The predicted molar refractivity (Wildman–Crippen MR) is 231 cm³/mol. The Labute approximate surface area is 318 Å². The molecular weight excluding hydrogens is 649 g/mol. The quantitative estimate of drug-likeness (QED) is 0.105. The van der Waals surface area contributed by atoms with E-state index in [-0.39, 0.29) is 0 Å². The summed E-state index contributed by atoms with van der Waals surface area (Å²) in [5.74, 6) is 0.296. The molecule has 256 valence electrons. The Bertz CT molecular complexity index is 2530. The Morgan fingerprint density at radius 2 is 0.704 bits per heavy atom. The largest absolute Gasteiger partial charge is 0.0622 e. The van der Waals surface area contributed by atoms with Crippen LogP contribution < -0.4 is 0 Å². The minimum absolute atomic E-state index is 0.296. The highest BCUT2D eigenvalue weighted by molar-refractivity contribution is 6.21. The van der Waals surface area contributed by atoms with E-state index in [1.807, 2.05) is 0 Å². The fourth-order valence-electron chi connectivity index (χ4n) is 8.07. The molecule has 0 aromatic heterocycles. The zero-order valence-corrected chi connectivity index (χ0v) is 30.1. The van der Waals surface area contributed by atoms with E-state index in [0.29, 0.717) is 5.92 Å². The third-order valence-electron chi connectivity index (χ3n) is 10.7. The molecule has 0 heterocycles. The maximum absolute atomic E-state index is 2.33. The Balaban J connectivity index is 1.10. The van der Waals surface area contributed by atoms with Gasteiger partial charge in [0.1, 0.15) is 0 Å². The molecule has 0 unspecified atom stereocenters. The average molecular weight is 689 g/mol. The van der Waals surface area contributed by atoms with Gasteiger partial charge in [0.15, 0.2) is 0 Å². The first-order valence-corrected chi connectivity index (χ1v) is 18.9. The van der Waals surface area contributed by atoms with Gasteiger partial charge >= 0.3 is 0 Å². The number of fused-ring (bicyclic) bond motifs is 2. The number of benzene rings is 9. The lowest BCUT2D eigenvalue weighted by atomic mass is 9.84. The minimum atomic E-state index is 0.296.